The zero-order valence-electron chi connectivity index (χ0n) is 11.4. The summed E-state index contributed by atoms with van der Waals surface area (Å²) in [6.45, 7) is 1.62. The van der Waals surface area contributed by atoms with Crippen molar-refractivity contribution in [3.8, 4) is 11.1 Å². The minimum atomic E-state index is -0.0948. The molecule has 0 aliphatic rings. The van der Waals surface area contributed by atoms with Crippen LogP contribution in [0.3, 0.4) is 0 Å². The second-order valence-electron chi connectivity index (χ2n) is 4.72. The van der Waals surface area contributed by atoms with Crippen LogP contribution in [-0.4, -0.2) is 18.9 Å². The van der Waals surface area contributed by atoms with Crippen molar-refractivity contribution in [2.75, 3.05) is 7.05 Å². The van der Waals surface area contributed by atoms with Gasteiger partial charge >= 0.3 is 0 Å². The zero-order chi connectivity index (χ0) is 13.7. The molecule has 1 unspecified atom stereocenters. The third-order valence-corrected chi connectivity index (χ3v) is 3.34. The summed E-state index contributed by atoms with van der Waals surface area (Å²) in [5.41, 5.74) is 3.59. The molecule has 0 amide bonds. The van der Waals surface area contributed by atoms with E-state index in [1.54, 1.807) is 6.92 Å². The van der Waals surface area contributed by atoms with Crippen LogP contribution >= 0.6 is 0 Å². The predicted octanol–water partition coefficient (Wildman–Crippen LogP) is 3.07. The lowest BCUT2D eigenvalue weighted by Crippen LogP contribution is -2.34. The summed E-state index contributed by atoms with van der Waals surface area (Å²) in [4.78, 5) is 11.4. The highest BCUT2D eigenvalue weighted by Crippen LogP contribution is 2.19. The molecule has 2 nitrogen and oxygen atoms in total. The van der Waals surface area contributed by atoms with Crippen LogP contribution in [0.2, 0.25) is 0 Å². The Morgan fingerprint density at radius 2 is 1.58 bits per heavy atom. The highest BCUT2D eigenvalue weighted by Gasteiger charge is 2.11. The molecule has 0 aromatic heterocycles. The molecule has 98 valence electrons. The smallest absolute Gasteiger partial charge is 0.147 e. The maximum atomic E-state index is 11.4. The minimum absolute atomic E-state index is 0.0948. The molecule has 2 heteroatoms. The Labute approximate surface area is 114 Å². The molecular formula is C17H19NO. The zero-order valence-corrected chi connectivity index (χ0v) is 11.4. The number of benzene rings is 2. The lowest BCUT2D eigenvalue weighted by molar-refractivity contribution is -0.118. The van der Waals surface area contributed by atoms with Gasteiger partial charge in [-0.15, -0.1) is 0 Å². The van der Waals surface area contributed by atoms with E-state index in [0.29, 0.717) is 0 Å². The SMILES string of the molecule is CNC(Cc1ccc(-c2ccccc2)cc1)C(C)=O. The topological polar surface area (TPSA) is 29.1 Å². The van der Waals surface area contributed by atoms with Gasteiger partial charge in [-0.25, -0.2) is 0 Å². The van der Waals surface area contributed by atoms with Gasteiger partial charge in [0.1, 0.15) is 5.78 Å². The molecule has 0 heterocycles. The maximum Gasteiger partial charge on any atom is 0.147 e. The van der Waals surface area contributed by atoms with Crippen LogP contribution < -0.4 is 5.32 Å². The average molecular weight is 253 g/mol. The largest absolute Gasteiger partial charge is 0.310 e. The molecular weight excluding hydrogens is 234 g/mol. The lowest BCUT2D eigenvalue weighted by Gasteiger charge is -2.13. The average Bonchev–Trinajstić information content (AvgIpc) is 2.46. The van der Waals surface area contributed by atoms with E-state index in [9.17, 15) is 4.79 Å². The maximum absolute atomic E-state index is 11.4. The molecule has 0 fully saturated rings. The molecule has 0 saturated heterocycles. The minimum Gasteiger partial charge on any atom is -0.310 e. The molecule has 0 bridgehead atoms. The van der Waals surface area contributed by atoms with Gasteiger partial charge in [-0.1, -0.05) is 54.6 Å². The van der Waals surface area contributed by atoms with Gasteiger partial charge in [0.05, 0.1) is 6.04 Å². The van der Waals surface area contributed by atoms with Crippen molar-refractivity contribution >= 4 is 5.78 Å². The second kappa shape index (κ2) is 6.30. The third-order valence-electron chi connectivity index (χ3n) is 3.34. The molecule has 2 rings (SSSR count). The highest BCUT2D eigenvalue weighted by atomic mass is 16.1. The monoisotopic (exact) mass is 253 g/mol. The van der Waals surface area contributed by atoms with Crippen molar-refractivity contribution in [2.24, 2.45) is 0 Å². The van der Waals surface area contributed by atoms with Gasteiger partial charge in [0.2, 0.25) is 0 Å². The first-order valence-corrected chi connectivity index (χ1v) is 6.53. The van der Waals surface area contributed by atoms with E-state index < -0.39 is 0 Å². The Hall–Kier alpha value is -1.93. The lowest BCUT2D eigenvalue weighted by atomic mass is 9.99. The molecule has 2 aromatic rings. The summed E-state index contributed by atoms with van der Waals surface area (Å²) in [5, 5.41) is 3.05. The number of hydrogen-bond acceptors (Lipinski definition) is 2. The molecule has 19 heavy (non-hydrogen) atoms. The van der Waals surface area contributed by atoms with Gasteiger partial charge in [-0.3, -0.25) is 4.79 Å². The summed E-state index contributed by atoms with van der Waals surface area (Å²) in [6.07, 6.45) is 0.737. The fourth-order valence-electron chi connectivity index (χ4n) is 2.15. The molecule has 0 saturated carbocycles. The summed E-state index contributed by atoms with van der Waals surface area (Å²) in [5.74, 6) is 0.176. The molecule has 0 aliphatic carbocycles. The Kier molecular flexibility index (Phi) is 4.48. The fourth-order valence-corrected chi connectivity index (χ4v) is 2.15. The van der Waals surface area contributed by atoms with E-state index in [2.05, 4.69) is 41.7 Å². The number of likely N-dealkylation sites (N-methyl/N-ethyl adjacent to an activating group) is 1. The van der Waals surface area contributed by atoms with Crippen LogP contribution in [0.25, 0.3) is 11.1 Å². The normalized spacial score (nSPS) is 12.1. The van der Waals surface area contributed by atoms with Gasteiger partial charge in [0.25, 0.3) is 0 Å². The van der Waals surface area contributed by atoms with Crippen molar-refractivity contribution < 1.29 is 4.79 Å². The molecule has 1 atom stereocenters. The highest BCUT2D eigenvalue weighted by molar-refractivity contribution is 5.81. The Morgan fingerprint density at radius 3 is 2.11 bits per heavy atom. The van der Waals surface area contributed by atoms with Crippen molar-refractivity contribution in [3.63, 3.8) is 0 Å². The van der Waals surface area contributed by atoms with E-state index >= 15 is 0 Å². The quantitative estimate of drug-likeness (QED) is 0.887. The van der Waals surface area contributed by atoms with Crippen molar-refractivity contribution in [1.29, 1.82) is 0 Å². The van der Waals surface area contributed by atoms with E-state index in [1.807, 2.05) is 25.2 Å². The first-order valence-electron chi connectivity index (χ1n) is 6.53. The molecule has 1 N–H and O–H groups in total. The third kappa shape index (κ3) is 3.52. The number of carbonyl (C=O) groups is 1. The van der Waals surface area contributed by atoms with Crippen LogP contribution in [0.1, 0.15) is 12.5 Å². The first kappa shape index (κ1) is 13.5. The van der Waals surface area contributed by atoms with Crippen LogP contribution in [0, 0.1) is 0 Å². The van der Waals surface area contributed by atoms with Gasteiger partial charge in [0, 0.05) is 0 Å². The molecule has 0 spiro atoms. The molecule has 0 aliphatic heterocycles. The summed E-state index contributed by atoms with van der Waals surface area (Å²) >= 11 is 0. The number of ketones is 1. The van der Waals surface area contributed by atoms with Gasteiger partial charge < -0.3 is 5.32 Å². The van der Waals surface area contributed by atoms with Crippen LogP contribution in [0.15, 0.2) is 54.6 Å². The van der Waals surface area contributed by atoms with Crippen molar-refractivity contribution in [2.45, 2.75) is 19.4 Å². The van der Waals surface area contributed by atoms with Gasteiger partial charge in [-0.2, -0.15) is 0 Å². The summed E-state index contributed by atoms with van der Waals surface area (Å²) in [6, 6.07) is 18.6. The van der Waals surface area contributed by atoms with Gasteiger partial charge in [0.15, 0.2) is 0 Å². The van der Waals surface area contributed by atoms with E-state index in [1.165, 1.54) is 16.7 Å². The predicted molar refractivity (Wildman–Crippen MR) is 79.1 cm³/mol. The van der Waals surface area contributed by atoms with Crippen LogP contribution in [0.4, 0.5) is 0 Å². The second-order valence-corrected chi connectivity index (χ2v) is 4.72. The Morgan fingerprint density at radius 1 is 1.00 bits per heavy atom. The Bertz CT molecular complexity index is 531. The number of Topliss-reactive ketones (excluding diaryl/α,β-unsaturated/α-hetero) is 1. The number of hydrogen-bond donors (Lipinski definition) is 1. The van der Waals surface area contributed by atoms with E-state index in [0.717, 1.165) is 6.42 Å². The number of carbonyl (C=O) groups excluding carboxylic acids is 1. The summed E-state index contributed by atoms with van der Waals surface area (Å²) in [7, 11) is 1.82. The van der Waals surface area contributed by atoms with E-state index in [-0.39, 0.29) is 11.8 Å². The molecule has 2 aromatic carbocycles. The van der Waals surface area contributed by atoms with Crippen LogP contribution in [-0.2, 0) is 11.2 Å². The van der Waals surface area contributed by atoms with E-state index in [4.69, 9.17) is 0 Å². The number of nitrogens with one attached hydrogen (secondary N) is 1. The standard InChI is InChI=1S/C17H19NO/c1-13(19)17(18-2)12-14-8-10-16(11-9-14)15-6-4-3-5-7-15/h3-11,17-18H,12H2,1-2H3. The van der Waals surface area contributed by atoms with Gasteiger partial charge in [-0.05, 0) is 37.1 Å². The van der Waals surface area contributed by atoms with Crippen LogP contribution in [0.5, 0.6) is 0 Å². The fraction of sp³-hybridized carbons (Fsp3) is 0.235. The Balaban J connectivity index is 2.13. The number of rotatable bonds is 5. The first-order chi connectivity index (χ1) is 9.20. The molecule has 0 radical (unpaired) electrons. The summed E-state index contributed by atoms with van der Waals surface area (Å²) < 4.78 is 0. The van der Waals surface area contributed by atoms with Crippen molar-refractivity contribution in [3.05, 3.63) is 60.2 Å². The van der Waals surface area contributed by atoms with Crippen molar-refractivity contribution in [1.82, 2.24) is 5.32 Å².